The summed E-state index contributed by atoms with van der Waals surface area (Å²) in [6.45, 7) is 1.41. The second kappa shape index (κ2) is 5.21. The molecule has 0 fully saturated rings. The Bertz CT molecular complexity index is 621. The monoisotopic (exact) mass is 261 g/mol. The van der Waals surface area contributed by atoms with Gasteiger partial charge in [0.15, 0.2) is 5.69 Å². The van der Waals surface area contributed by atoms with Crippen molar-refractivity contribution in [2.45, 2.75) is 6.92 Å². The lowest BCUT2D eigenvalue weighted by atomic mass is 10.3. The van der Waals surface area contributed by atoms with Gasteiger partial charge in [0, 0.05) is 18.3 Å². The molecule has 0 aliphatic rings. The molecule has 2 aromatic rings. The maximum atomic E-state index is 10.9. The number of carboxylic acids is 1. The predicted molar refractivity (Wildman–Crippen MR) is 67.5 cm³/mol. The zero-order valence-corrected chi connectivity index (χ0v) is 10.0. The van der Waals surface area contributed by atoms with E-state index < -0.39 is 5.97 Å². The zero-order valence-electron chi connectivity index (χ0n) is 10.0. The Hall–Kier alpha value is -2.83. The van der Waals surface area contributed by atoms with Gasteiger partial charge in [0.2, 0.25) is 5.91 Å². The topological polar surface area (TPSA) is 104 Å². The maximum absolute atomic E-state index is 10.9. The van der Waals surface area contributed by atoms with E-state index in [-0.39, 0.29) is 17.6 Å². The van der Waals surface area contributed by atoms with Gasteiger partial charge in [-0.3, -0.25) is 4.79 Å². The Balaban J connectivity index is 2.13. The summed E-state index contributed by atoms with van der Waals surface area (Å²) in [5.74, 6) is -1.34. The summed E-state index contributed by atoms with van der Waals surface area (Å²) < 4.78 is 4.96. The second-order valence-electron chi connectivity index (χ2n) is 3.73. The standard InChI is InChI=1S/C12H11N3O4/c1-7(16)13-8-3-2-4-9(5-8)14-12-15-10(6-19-12)11(17)18/h2-6H,1H3,(H,13,16)(H,14,15)(H,17,18). The smallest absolute Gasteiger partial charge is 0.357 e. The Morgan fingerprint density at radius 2 is 2.05 bits per heavy atom. The highest BCUT2D eigenvalue weighted by atomic mass is 16.4. The number of hydrogen-bond donors (Lipinski definition) is 3. The van der Waals surface area contributed by atoms with Crippen LogP contribution >= 0.6 is 0 Å². The van der Waals surface area contributed by atoms with Gasteiger partial charge < -0.3 is 20.2 Å². The molecule has 0 atom stereocenters. The molecular weight excluding hydrogens is 250 g/mol. The fourth-order valence-corrected chi connectivity index (χ4v) is 1.43. The van der Waals surface area contributed by atoms with Crippen LogP contribution in [0.1, 0.15) is 17.4 Å². The minimum Gasteiger partial charge on any atom is -0.476 e. The van der Waals surface area contributed by atoms with Crippen molar-refractivity contribution in [1.29, 1.82) is 0 Å². The number of aromatic nitrogens is 1. The Kier molecular flexibility index (Phi) is 3.46. The van der Waals surface area contributed by atoms with Crippen molar-refractivity contribution >= 4 is 29.3 Å². The number of rotatable bonds is 4. The van der Waals surface area contributed by atoms with E-state index >= 15 is 0 Å². The first-order valence-corrected chi connectivity index (χ1v) is 5.38. The fourth-order valence-electron chi connectivity index (χ4n) is 1.43. The predicted octanol–water partition coefficient (Wildman–Crippen LogP) is 2.07. The van der Waals surface area contributed by atoms with Crippen LogP contribution in [-0.4, -0.2) is 22.0 Å². The highest BCUT2D eigenvalue weighted by molar-refractivity contribution is 5.89. The van der Waals surface area contributed by atoms with Gasteiger partial charge in [-0.25, -0.2) is 4.79 Å². The number of aromatic carboxylic acids is 1. The summed E-state index contributed by atoms with van der Waals surface area (Å²) >= 11 is 0. The Morgan fingerprint density at radius 1 is 1.32 bits per heavy atom. The lowest BCUT2D eigenvalue weighted by molar-refractivity contribution is -0.114. The molecule has 1 aromatic carbocycles. The van der Waals surface area contributed by atoms with Crippen LogP contribution in [0.5, 0.6) is 0 Å². The van der Waals surface area contributed by atoms with Gasteiger partial charge >= 0.3 is 5.97 Å². The van der Waals surface area contributed by atoms with Crippen molar-refractivity contribution in [1.82, 2.24) is 4.98 Å². The van der Waals surface area contributed by atoms with Crippen molar-refractivity contribution in [3.8, 4) is 0 Å². The molecule has 0 radical (unpaired) electrons. The van der Waals surface area contributed by atoms with Crippen molar-refractivity contribution in [3.63, 3.8) is 0 Å². The average molecular weight is 261 g/mol. The number of hydrogen-bond acceptors (Lipinski definition) is 5. The Labute approximate surface area is 108 Å². The van der Waals surface area contributed by atoms with E-state index in [1.54, 1.807) is 24.3 Å². The molecule has 3 N–H and O–H groups in total. The molecule has 7 nitrogen and oxygen atoms in total. The van der Waals surface area contributed by atoms with Crippen LogP contribution in [0.25, 0.3) is 0 Å². The summed E-state index contributed by atoms with van der Waals surface area (Å²) in [5.41, 5.74) is 1.05. The second-order valence-corrected chi connectivity index (χ2v) is 3.73. The molecule has 0 aliphatic heterocycles. The third-order valence-electron chi connectivity index (χ3n) is 2.16. The summed E-state index contributed by atoms with van der Waals surface area (Å²) in [4.78, 5) is 25.3. The molecule has 19 heavy (non-hydrogen) atoms. The van der Waals surface area contributed by atoms with Crippen LogP contribution in [0.15, 0.2) is 34.9 Å². The number of amides is 1. The van der Waals surface area contributed by atoms with E-state index in [1.165, 1.54) is 6.92 Å². The van der Waals surface area contributed by atoms with E-state index in [9.17, 15) is 9.59 Å². The van der Waals surface area contributed by atoms with Crippen molar-refractivity contribution in [2.24, 2.45) is 0 Å². The van der Waals surface area contributed by atoms with Gasteiger partial charge in [0.05, 0.1) is 0 Å². The van der Waals surface area contributed by atoms with Gasteiger partial charge in [0.25, 0.3) is 6.01 Å². The normalized spacial score (nSPS) is 9.95. The van der Waals surface area contributed by atoms with E-state index in [0.717, 1.165) is 6.26 Å². The molecule has 0 aliphatic carbocycles. The Morgan fingerprint density at radius 3 is 2.68 bits per heavy atom. The van der Waals surface area contributed by atoms with Crippen molar-refractivity contribution in [3.05, 3.63) is 36.2 Å². The summed E-state index contributed by atoms with van der Waals surface area (Å²) in [7, 11) is 0. The molecular formula is C12H11N3O4. The summed E-state index contributed by atoms with van der Waals surface area (Å²) in [6, 6.07) is 6.93. The van der Waals surface area contributed by atoms with Crippen LogP contribution in [0, 0.1) is 0 Å². The molecule has 1 amide bonds. The molecule has 98 valence electrons. The summed E-state index contributed by atoms with van der Waals surface area (Å²) in [5, 5.41) is 14.1. The first-order chi connectivity index (χ1) is 9.04. The molecule has 0 spiro atoms. The molecule has 1 aromatic heterocycles. The van der Waals surface area contributed by atoms with E-state index in [1.807, 2.05) is 0 Å². The van der Waals surface area contributed by atoms with E-state index in [4.69, 9.17) is 9.52 Å². The fraction of sp³-hybridized carbons (Fsp3) is 0.0833. The van der Waals surface area contributed by atoms with Gasteiger partial charge in [-0.2, -0.15) is 4.98 Å². The van der Waals surface area contributed by atoms with Crippen LogP contribution in [0.2, 0.25) is 0 Å². The zero-order chi connectivity index (χ0) is 13.8. The molecule has 0 bridgehead atoms. The van der Waals surface area contributed by atoms with Crippen molar-refractivity contribution < 1.29 is 19.1 Å². The molecule has 0 saturated heterocycles. The SMILES string of the molecule is CC(=O)Nc1cccc(Nc2nc(C(=O)O)co2)c1. The molecule has 2 rings (SSSR count). The van der Waals surface area contributed by atoms with Gasteiger partial charge in [-0.15, -0.1) is 0 Å². The number of carbonyl (C=O) groups is 2. The number of benzene rings is 1. The van der Waals surface area contributed by atoms with Gasteiger partial charge in [0.1, 0.15) is 6.26 Å². The number of anilines is 3. The minimum atomic E-state index is -1.16. The number of nitrogens with zero attached hydrogens (tertiary/aromatic N) is 1. The lowest BCUT2D eigenvalue weighted by Gasteiger charge is -2.05. The first-order valence-electron chi connectivity index (χ1n) is 5.38. The van der Waals surface area contributed by atoms with Gasteiger partial charge in [-0.05, 0) is 18.2 Å². The highest BCUT2D eigenvalue weighted by Gasteiger charge is 2.10. The molecule has 7 heteroatoms. The third kappa shape index (κ3) is 3.32. The average Bonchev–Trinajstić information content (AvgIpc) is 2.77. The van der Waals surface area contributed by atoms with Crippen molar-refractivity contribution in [2.75, 3.05) is 10.6 Å². The minimum absolute atomic E-state index is 0.0670. The lowest BCUT2D eigenvalue weighted by Crippen LogP contribution is -2.05. The van der Waals surface area contributed by atoms with Crippen LogP contribution < -0.4 is 10.6 Å². The van der Waals surface area contributed by atoms with Crippen LogP contribution in [0.4, 0.5) is 17.4 Å². The van der Waals surface area contributed by atoms with E-state index in [0.29, 0.717) is 11.4 Å². The number of nitrogens with one attached hydrogen (secondary N) is 2. The quantitative estimate of drug-likeness (QED) is 0.778. The number of oxazole rings is 1. The van der Waals surface area contributed by atoms with Crippen LogP contribution in [0.3, 0.4) is 0 Å². The highest BCUT2D eigenvalue weighted by Crippen LogP contribution is 2.19. The number of carbonyl (C=O) groups excluding carboxylic acids is 1. The molecule has 0 saturated carbocycles. The largest absolute Gasteiger partial charge is 0.476 e. The van der Waals surface area contributed by atoms with Crippen LogP contribution in [-0.2, 0) is 4.79 Å². The summed E-state index contributed by atoms with van der Waals surface area (Å²) in [6.07, 6.45) is 1.04. The van der Waals surface area contributed by atoms with Gasteiger partial charge in [-0.1, -0.05) is 6.07 Å². The molecule has 1 heterocycles. The third-order valence-corrected chi connectivity index (χ3v) is 2.16. The maximum Gasteiger partial charge on any atom is 0.357 e. The molecule has 0 unspecified atom stereocenters. The van der Waals surface area contributed by atoms with E-state index in [2.05, 4.69) is 15.6 Å². The first kappa shape index (κ1) is 12.6. The number of carboxylic acid groups (broad SMARTS) is 1.